The lowest BCUT2D eigenvalue weighted by Gasteiger charge is -2.13. The fourth-order valence-electron chi connectivity index (χ4n) is 1.81. The molecule has 10 heteroatoms. The first-order valence-electron chi connectivity index (χ1n) is 6.22. The average molecular weight is 398 g/mol. The largest absolute Gasteiger partial charge is 0.477 e. The molecule has 0 amide bonds. The summed E-state index contributed by atoms with van der Waals surface area (Å²) in [6.45, 7) is 1.65. The third-order valence-corrected chi connectivity index (χ3v) is 5.17. The van der Waals surface area contributed by atoms with Crippen LogP contribution < -0.4 is 5.56 Å². The van der Waals surface area contributed by atoms with Gasteiger partial charge in [-0.25, -0.2) is 4.79 Å². The number of hydrogen-bond donors (Lipinski definition) is 2. The van der Waals surface area contributed by atoms with Crippen LogP contribution in [0, 0.1) is 6.92 Å². The van der Waals surface area contributed by atoms with E-state index in [2.05, 4.69) is 0 Å². The van der Waals surface area contributed by atoms with Gasteiger partial charge in [-0.1, -0.05) is 41.0 Å². The Morgan fingerprint density at radius 3 is 2.46 bits per heavy atom. The second-order valence-electron chi connectivity index (χ2n) is 4.66. The molecule has 0 radical (unpaired) electrons. The molecule has 24 heavy (non-hydrogen) atoms. The van der Waals surface area contributed by atoms with E-state index in [0.717, 1.165) is 0 Å². The van der Waals surface area contributed by atoms with Crippen molar-refractivity contribution in [1.29, 1.82) is 0 Å². The van der Waals surface area contributed by atoms with Crippen LogP contribution in [0.2, 0.25) is 10.0 Å². The number of nitrogens with one attached hydrogen (secondary N) is 1. The maximum atomic E-state index is 12.9. The average Bonchev–Trinajstić information content (AvgIpc) is 2.45. The molecule has 0 aliphatic rings. The van der Waals surface area contributed by atoms with Crippen molar-refractivity contribution in [3.63, 3.8) is 0 Å². The van der Waals surface area contributed by atoms with Gasteiger partial charge in [0, 0.05) is 9.79 Å². The highest BCUT2D eigenvalue weighted by Crippen LogP contribution is 2.42. The monoisotopic (exact) mass is 397 g/mol. The first-order chi connectivity index (χ1) is 11.0. The van der Waals surface area contributed by atoms with Crippen molar-refractivity contribution >= 4 is 40.9 Å². The zero-order valence-electron chi connectivity index (χ0n) is 11.8. The number of benzene rings is 1. The highest BCUT2D eigenvalue weighted by Gasteiger charge is 2.34. The minimum atomic E-state index is -4.84. The minimum absolute atomic E-state index is 0.126. The molecule has 2 N–H and O–H groups in total. The van der Waals surface area contributed by atoms with Crippen LogP contribution in [0.4, 0.5) is 13.2 Å². The number of rotatable bonds is 3. The van der Waals surface area contributed by atoms with Gasteiger partial charge in [0.25, 0.3) is 5.56 Å². The van der Waals surface area contributed by atoms with Crippen LogP contribution in [0.25, 0.3) is 0 Å². The maximum absolute atomic E-state index is 12.9. The Morgan fingerprint density at radius 1 is 1.29 bits per heavy atom. The van der Waals surface area contributed by atoms with E-state index in [-0.39, 0.29) is 14.9 Å². The van der Waals surface area contributed by atoms with E-state index in [9.17, 15) is 22.8 Å². The summed E-state index contributed by atoms with van der Waals surface area (Å²) in [5.74, 6) is -1.66. The van der Waals surface area contributed by atoms with Crippen molar-refractivity contribution in [3.8, 4) is 0 Å². The molecule has 0 aliphatic heterocycles. The predicted octanol–water partition coefficient (Wildman–Crippen LogP) is 4.86. The molecule has 0 bridgehead atoms. The molecule has 0 aliphatic carbocycles. The number of carboxylic acid groups (broad SMARTS) is 1. The van der Waals surface area contributed by atoms with E-state index >= 15 is 0 Å². The summed E-state index contributed by atoms with van der Waals surface area (Å²) in [4.78, 5) is 24.3. The number of hydrogen-bond acceptors (Lipinski definition) is 3. The van der Waals surface area contributed by atoms with Crippen molar-refractivity contribution in [3.05, 3.63) is 55.4 Å². The molecule has 1 aromatic heterocycles. The topological polar surface area (TPSA) is 70.2 Å². The molecule has 2 rings (SSSR count). The second-order valence-corrected chi connectivity index (χ2v) is 6.50. The van der Waals surface area contributed by atoms with Gasteiger partial charge in [0.05, 0.1) is 10.0 Å². The number of aromatic amines is 1. The van der Waals surface area contributed by atoms with Gasteiger partial charge in [0.2, 0.25) is 0 Å². The lowest BCUT2D eigenvalue weighted by Crippen LogP contribution is -2.23. The van der Waals surface area contributed by atoms with Crippen LogP contribution >= 0.6 is 35.0 Å². The number of carbonyl (C=O) groups is 1. The van der Waals surface area contributed by atoms with Crippen LogP contribution in [-0.2, 0) is 6.18 Å². The van der Waals surface area contributed by atoms with E-state index < -0.39 is 33.9 Å². The SMILES string of the molecule is Cc1ccc(Cl)c(Sc2cc(C(F)(F)F)[nH]c(=O)c2C(=O)O)c1Cl. The van der Waals surface area contributed by atoms with Gasteiger partial charge in [0.15, 0.2) is 0 Å². The lowest BCUT2D eigenvalue weighted by molar-refractivity contribution is -0.141. The van der Waals surface area contributed by atoms with Gasteiger partial charge in [-0.2, -0.15) is 13.2 Å². The number of halogens is 5. The van der Waals surface area contributed by atoms with Gasteiger partial charge < -0.3 is 10.1 Å². The Labute approximate surface area is 147 Å². The van der Waals surface area contributed by atoms with Gasteiger partial charge in [-0.15, -0.1) is 0 Å². The van der Waals surface area contributed by atoms with E-state index in [1.54, 1.807) is 13.0 Å². The molecule has 1 heterocycles. The highest BCUT2D eigenvalue weighted by molar-refractivity contribution is 7.99. The molecule has 0 fully saturated rings. The third kappa shape index (κ3) is 3.71. The van der Waals surface area contributed by atoms with Crippen molar-refractivity contribution in [2.75, 3.05) is 0 Å². The molecule has 0 spiro atoms. The summed E-state index contributed by atoms with van der Waals surface area (Å²) in [6.07, 6.45) is -4.84. The minimum Gasteiger partial charge on any atom is -0.477 e. The van der Waals surface area contributed by atoms with Crippen molar-refractivity contribution in [1.82, 2.24) is 4.98 Å². The standard InChI is InChI=1S/C14H8Cl2F3NO3S/c1-5-2-3-6(15)11(10(5)16)24-7-4-8(14(17,18)19)20-12(21)9(7)13(22)23/h2-4H,1H3,(H,20,21)(H,22,23). The van der Waals surface area contributed by atoms with Gasteiger partial charge in [-0.05, 0) is 24.6 Å². The summed E-state index contributed by atoms with van der Waals surface area (Å²) >= 11 is 12.7. The normalized spacial score (nSPS) is 11.6. The second kappa shape index (κ2) is 6.70. The summed E-state index contributed by atoms with van der Waals surface area (Å²) in [5.41, 5.74) is -2.94. The predicted molar refractivity (Wildman–Crippen MR) is 84.3 cm³/mol. The van der Waals surface area contributed by atoms with E-state index in [1.807, 2.05) is 0 Å². The van der Waals surface area contributed by atoms with E-state index in [1.165, 1.54) is 11.1 Å². The highest BCUT2D eigenvalue weighted by atomic mass is 35.5. The Morgan fingerprint density at radius 2 is 1.92 bits per heavy atom. The summed E-state index contributed by atoms with van der Waals surface area (Å²) in [7, 11) is 0. The molecule has 0 atom stereocenters. The quantitative estimate of drug-likeness (QED) is 0.775. The molecular formula is C14H8Cl2F3NO3S. The van der Waals surface area contributed by atoms with Gasteiger partial charge in [-0.3, -0.25) is 4.79 Å². The van der Waals surface area contributed by atoms with Crippen LogP contribution in [0.5, 0.6) is 0 Å². The Bertz CT molecular complexity index is 881. The smallest absolute Gasteiger partial charge is 0.431 e. The number of aromatic carboxylic acids is 1. The molecule has 4 nitrogen and oxygen atoms in total. The zero-order chi connectivity index (χ0) is 18.2. The molecule has 2 aromatic rings. The molecule has 0 saturated carbocycles. The van der Waals surface area contributed by atoms with Crippen molar-refractivity contribution < 1.29 is 23.1 Å². The zero-order valence-corrected chi connectivity index (χ0v) is 14.1. The molecule has 1 aromatic carbocycles. The van der Waals surface area contributed by atoms with Crippen LogP contribution in [0.1, 0.15) is 21.6 Å². The molecule has 0 unspecified atom stereocenters. The Balaban J connectivity index is 2.70. The Kier molecular flexibility index (Phi) is 5.22. The fraction of sp³-hybridized carbons (Fsp3) is 0.143. The first-order valence-corrected chi connectivity index (χ1v) is 7.80. The number of alkyl halides is 3. The number of aryl methyl sites for hydroxylation is 1. The summed E-state index contributed by atoms with van der Waals surface area (Å²) in [5, 5.41) is 9.42. The van der Waals surface area contributed by atoms with Crippen molar-refractivity contribution in [2.45, 2.75) is 22.9 Å². The van der Waals surface area contributed by atoms with Crippen LogP contribution in [0.3, 0.4) is 0 Å². The Hall–Kier alpha value is -1.64. The number of aromatic nitrogens is 1. The molecule has 128 valence electrons. The molecular weight excluding hydrogens is 390 g/mol. The van der Waals surface area contributed by atoms with Gasteiger partial charge in [0.1, 0.15) is 11.3 Å². The number of pyridine rings is 1. The summed E-state index contributed by atoms with van der Waals surface area (Å²) < 4.78 is 38.6. The maximum Gasteiger partial charge on any atom is 0.431 e. The number of carboxylic acids is 1. The number of H-pyrrole nitrogens is 1. The lowest BCUT2D eigenvalue weighted by atomic mass is 10.2. The van der Waals surface area contributed by atoms with E-state index in [0.29, 0.717) is 23.4 Å². The fourth-order valence-corrected chi connectivity index (χ4v) is 3.50. The van der Waals surface area contributed by atoms with Crippen molar-refractivity contribution in [2.24, 2.45) is 0 Å². The summed E-state index contributed by atoms with van der Waals surface area (Å²) in [6, 6.07) is 3.62. The van der Waals surface area contributed by atoms with E-state index in [4.69, 9.17) is 28.3 Å². The van der Waals surface area contributed by atoms with Crippen LogP contribution in [0.15, 0.2) is 32.8 Å². The van der Waals surface area contributed by atoms with Gasteiger partial charge >= 0.3 is 12.1 Å². The molecule has 0 saturated heterocycles. The van der Waals surface area contributed by atoms with Crippen LogP contribution in [-0.4, -0.2) is 16.1 Å². The third-order valence-electron chi connectivity index (χ3n) is 2.97. The first kappa shape index (κ1) is 18.7.